The Morgan fingerprint density at radius 1 is 1.06 bits per heavy atom. The fraction of sp³-hybridized carbons (Fsp3) is 0.538. The summed E-state index contributed by atoms with van der Waals surface area (Å²) in [5.74, 6) is 2.16. The predicted octanol–water partition coefficient (Wildman–Crippen LogP) is 6.78. The summed E-state index contributed by atoms with van der Waals surface area (Å²) in [5, 5.41) is 4.26. The summed E-state index contributed by atoms with van der Waals surface area (Å²) in [6.07, 6.45) is 9.86. The van der Waals surface area contributed by atoms with Crippen LogP contribution >= 0.6 is 11.3 Å². The first-order valence-electron chi connectivity index (χ1n) is 11.6. The number of rotatable bonds is 2. The van der Waals surface area contributed by atoms with Crippen LogP contribution in [0.5, 0.6) is 0 Å². The number of thiazole rings is 1. The van der Waals surface area contributed by atoms with Crippen LogP contribution in [-0.2, 0) is 11.2 Å². The number of halogens is 1. The lowest BCUT2D eigenvalue weighted by Crippen LogP contribution is -2.49. The molecular weight excluding hydrogens is 407 g/mol. The van der Waals surface area contributed by atoms with Crippen molar-refractivity contribution >= 4 is 33.5 Å². The Kier molecular flexibility index (Phi) is 4.28. The number of hydrogen-bond acceptors (Lipinski definition) is 4. The van der Waals surface area contributed by atoms with Crippen molar-refractivity contribution in [3.63, 3.8) is 0 Å². The number of nitrogens with one attached hydrogen (secondary N) is 1. The van der Waals surface area contributed by atoms with Gasteiger partial charge in [0.25, 0.3) is 0 Å². The molecule has 0 unspecified atom stereocenters. The average Bonchev–Trinajstić information content (AvgIpc) is 3.29. The minimum Gasteiger partial charge on any atom is -0.332 e. The standard InChI is InChI=1S/C26H29FN2OS/c1-25-14-12-21-23(31-24(29-21)28-16-5-3-15(27)4-6-16)20(25)8-7-17-18-9-10-22(30)26(18,2)13-11-19(17)25/h3-6,8,17-19H,7,9-14H2,1-2H3,(H,28,29)/t17-,18-,19-,25+,26-/m0/s1. The zero-order valence-electron chi connectivity index (χ0n) is 18.2. The summed E-state index contributed by atoms with van der Waals surface area (Å²) < 4.78 is 13.2. The normalized spacial score (nSPS) is 36.2. The molecule has 1 aromatic carbocycles. The fourth-order valence-corrected chi connectivity index (χ4v) is 8.57. The highest BCUT2D eigenvalue weighted by Gasteiger charge is 2.58. The average molecular weight is 437 g/mol. The molecule has 5 atom stereocenters. The molecule has 6 rings (SSSR count). The SMILES string of the molecule is C[C@]12CCc3nc(Nc4ccc(F)cc4)sc3C1=CC[C@@H]1[C@@H]2CC[C@]2(C)C(=O)CC[C@@H]12. The Hall–Kier alpha value is -2.01. The highest BCUT2D eigenvalue weighted by atomic mass is 32.1. The third kappa shape index (κ3) is 2.81. The van der Waals surface area contributed by atoms with E-state index >= 15 is 0 Å². The molecule has 0 saturated heterocycles. The van der Waals surface area contributed by atoms with Gasteiger partial charge in [-0.2, -0.15) is 0 Å². The molecular formula is C26H29FN2OS. The van der Waals surface area contributed by atoms with Crippen LogP contribution in [0.4, 0.5) is 15.2 Å². The zero-order valence-corrected chi connectivity index (χ0v) is 19.0. The third-order valence-electron chi connectivity index (χ3n) is 9.09. The summed E-state index contributed by atoms with van der Waals surface area (Å²) in [6.45, 7) is 4.73. The largest absolute Gasteiger partial charge is 0.332 e. The number of aromatic nitrogens is 1. The minimum atomic E-state index is -0.228. The molecule has 1 aromatic heterocycles. The highest BCUT2D eigenvalue weighted by molar-refractivity contribution is 7.16. The molecule has 3 nitrogen and oxygen atoms in total. The molecule has 1 heterocycles. The smallest absolute Gasteiger partial charge is 0.187 e. The molecule has 0 spiro atoms. The zero-order chi connectivity index (χ0) is 21.4. The molecule has 0 radical (unpaired) electrons. The second-order valence-electron chi connectivity index (χ2n) is 10.5. The van der Waals surface area contributed by atoms with Crippen LogP contribution in [0, 0.1) is 34.4 Å². The first kappa shape index (κ1) is 19.7. The molecule has 2 saturated carbocycles. The van der Waals surface area contributed by atoms with Gasteiger partial charge in [0.05, 0.1) is 10.6 Å². The van der Waals surface area contributed by atoms with Gasteiger partial charge in [0.15, 0.2) is 5.13 Å². The summed E-state index contributed by atoms with van der Waals surface area (Å²) in [4.78, 5) is 18.9. The Bertz CT molecular complexity index is 1090. The fourth-order valence-electron chi connectivity index (χ4n) is 7.36. The van der Waals surface area contributed by atoms with Crippen molar-refractivity contribution in [1.82, 2.24) is 4.98 Å². The van der Waals surface area contributed by atoms with Crippen molar-refractivity contribution in [3.8, 4) is 0 Å². The molecule has 0 amide bonds. The van der Waals surface area contributed by atoms with E-state index in [4.69, 9.17) is 4.98 Å². The number of allylic oxidation sites excluding steroid dienone is 2. The Morgan fingerprint density at radius 3 is 2.65 bits per heavy atom. The van der Waals surface area contributed by atoms with Crippen LogP contribution in [0.25, 0.3) is 5.57 Å². The number of benzene rings is 1. The van der Waals surface area contributed by atoms with E-state index in [0.717, 1.165) is 49.3 Å². The van der Waals surface area contributed by atoms with Crippen LogP contribution in [0.2, 0.25) is 0 Å². The number of fused-ring (bicyclic) bond motifs is 7. The van der Waals surface area contributed by atoms with Gasteiger partial charge in [0, 0.05) is 17.5 Å². The van der Waals surface area contributed by atoms with Gasteiger partial charge in [-0.05, 0) is 91.5 Å². The van der Waals surface area contributed by atoms with Crippen molar-refractivity contribution in [3.05, 3.63) is 46.7 Å². The lowest BCUT2D eigenvalue weighted by atomic mass is 9.48. The lowest BCUT2D eigenvalue weighted by molar-refractivity contribution is -0.131. The topological polar surface area (TPSA) is 42.0 Å². The van der Waals surface area contributed by atoms with Gasteiger partial charge in [-0.15, -0.1) is 0 Å². The van der Waals surface area contributed by atoms with Gasteiger partial charge in [0.2, 0.25) is 0 Å². The molecule has 0 aliphatic heterocycles. The molecule has 5 heteroatoms. The van der Waals surface area contributed by atoms with E-state index in [1.165, 1.54) is 34.7 Å². The van der Waals surface area contributed by atoms with Crippen molar-refractivity contribution in [1.29, 1.82) is 0 Å². The van der Waals surface area contributed by atoms with E-state index in [0.29, 0.717) is 23.5 Å². The molecule has 1 N–H and O–H groups in total. The molecule has 162 valence electrons. The van der Waals surface area contributed by atoms with Crippen LogP contribution in [0.15, 0.2) is 30.3 Å². The van der Waals surface area contributed by atoms with E-state index in [1.54, 1.807) is 23.5 Å². The Balaban J connectivity index is 1.33. The molecule has 4 aliphatic rings. The summed E-state index contributed by atoms with van der Waals surface area (Å²) in [5.41, 5.74) is 3.67. The number of aryl methyl sites for hydroxylation is 1. The number of Topliss-reactive ketones (excluding diaryl/α,β-unsaturated/α-hetero) is 1. The number of carbonyl (C=O) groups is 1. The van der Waals surface area contributed by atoms with Gasteiger partial charge >= 0.3 is 0 Å². The first-order chi connectivity index (χ1) is 14.9. The van der Waals surface area contributed by atoms with Crippen LogP contribution in [0.1, 0.15) is 62.9 Å². The summed E-state index contributed by atoms with van der Waals surface area (Å²) in [6, 6.07) is 6.46. The van der Waals surface area contributed by atoms with E-state index in [1.807, 2.05) is 0 Å². The number of ketones is 1. The van der Waals surface area contributed by atoms with Crippen molar-refractivity contribution < 1.29 is 9.18 Å². The van der Waals surface area contributed by atoms with E-state index < -0.39 is 0 Å². The van der Waals surface area contributed by atoms with Crippen molar-refractivity contribution in [2.75, 3.05) is 5.32 Å². The summed E-state index contributed by atoms with van der Waals surface area (Å²) in [7, 11) is 0. The maximum absolute atomic E-state index is 13.2. The van der Waals surface area contributed by atoms with E-state index in [-0.39, 0.29) is 16.6 Å². The van der Waals surface area contributed by atoms with Gasteiger partial charge < -0.3 is 5.32 Å². The molecule has 4 aliphatic carbocycles. The summed E-state index contributed by atoms with van der Waals surface area (Å²) >= 11 is 1.74. The van der Waals surface area contributed by atoms with Crippen molar-refractivity contribution in [2.24, 2.45) is 28.6 Å². The van der Waals surface area contributed by atoms with Gasteiger partial charge in [-0.25, -0.2) is 9.37 Å². The molecule has 0 bridgehead atoms. The predicted molar refractivity (Wildman–Crippen MR) is 123 cm³/mol. The second kappa shape index (κ2) is 6.74. The van der Waals surface area contributed by atoms with Gasteiger partial charge in [-0.1, -0.05) is 31.3 Å². The maximum Gasteiger partial charge on any atom is 0.187 e. The van der Waals surface area contributed by atoms with Crippen molar-refractivity contribution in [2.45, 2.75) is 58.8 Å². The lowest BCUT2D eigenvalue weighted by Gasteiger charge is -2.55. The van der Waals surface area contributed by atoms with Crippen LogP contribution < -0.4 is 5.32 Å². The van der Waals surface area contributed by atoms with Gasteiger partial charge in [0.1, 0.15) is 11.6 Å². The van der Waals surface area contributed by atoms with Crippen LogP contribution in [0.3, 0.4) is 0 Å². The number of hydrogen-bond donors (Lipinski definition) is 1. The molecule has 31 heavy (non-hydrogen) atoms. The quantitative estimate of drug-likeness (QED) is 0.564. The van der Waals surface area contributed by atoms with E-state index in [9.17, 15) is 9.18 Å². The number of carbonyl (C=O) groups excluding carboxylic acids is 1. The monoisotopic (exact) mass is 436 g/mol. The number of anilines is 2. The Labute approximate surface area is 187 Å². The van der Waals surface area contributed by atoms with E-state index in [2.05, 4.69) is 25.2 Å². The molecule has 2 aromatic rings. The first-order valence-corrected chi connectivity index (χ1v) is 12.5. The maximum atomic E-state index is 13.2. The number of nitrogens with zero attached hydrogens (tertiary/aromatic N) is 1. The second-order valence-corrected chi connectivity index (χ2v) is 11.5. The third-order valence-corrected chi connectivity index (χ3v) is 10.1. The minimum absolute atomic E-state index is 0.0700. The molecule has 2 fully saturated rings. The Morgan fingerprint density at radius 2 is 1.84 bits per heavy atom. The highest BCUT2D eigenvalue weighted by Crippen LogP contribution is 2.65. The van der Waals surface area contributed by atoms with Gasteiger partial charge in [-0.3, -0.25) is 4.79 Å². The van der Waals surface area contributed by atoms with Crippen LogP contribution in [-0.4, -0.2) is 10.8 Å².